The Balaban J connectivity index is 1.92. The summed E-state index contributed by atoms with van der Waals surface area (Å²) in [7, 11) is 0. The molecule has 0 fully saturated rings. The van der Waals surface area contributed by atoms with Crippen molar-refractivity contribution < 1.29 is 18.0 Å². The summed E-state index contributed by atoms with van der Waals surface area (Å²) in [6.45, 7) is 1.92. The third kappa shape index (κ3) is 3.96. The molecule has 1 aromatic rings. The van der Waals surface area contributed by atoms with Crippen LogP contribution in [-0.2, 0) is 17.8 Å². The predicted octanol–water partition coefficient (Wildman–Crippen LogP) is 2.16. The lowest BCUT2D eigenvalue weighted by atomic mass is 9.95. The van der Waals surface area contributed by atoms with Gasteiger partial charge in [0.05, 0.1) is 12.5 Å². The van der Waals surface area contributed by atoms with Crippen molar-refractivity contribution in [3.05, 3.63) is 35.4 Å². The molecule has 0 spiro atoms. The molecule has 0 saturated heterocycles. The molecular weight excluding hydrogens is 269 g/mol. The van der Waals surface area contributed by atoms with Crippen molar-refractivity contribution in [2.24, 2.45) is 0 Å². The first-order chi connectivity index (χ1) is 9.35. The van der Waals surface area contributed by atoms with Crippen molar-refractivity contribution in [2.75, 3.05) is 0 Å². The van der Waals surface area contributed by atoms with Gasteiger partial charge in [0.2, 0.25) is 5.91 Å². The number of alkyl halides is 3. The number of nitrogens with one attached hydrogen (secondary N) is 2. The van der Waals surface area contributed by atoms with Gasteiger partial charge in [-0.25, -0.2) is 0 Å². The number of hydrogen-bond acceptors (Lipinski definition) is 2. The number of fused-ring (bicyclic) bond motifs is 1. The van der Waals surface area contributed by atoms with E-state index in [2.05, 4.69) is 10.6 Å². The third-order valence-corrected chi connectivity index (χ3v) is 3.32. The normalized spacial score (nSPS) is 20.1. The van der Waals surface area contributed by atoms with Crippen molar-refractivity contribution in [1.29, 1.82) is 0 Å². The van der Waals surface area contributed by atoms with Gasteiger partial charge in [0.25, 0.3) is 0 Å². The van der Waals surface area contributed by atoms with Crippen LogP contribution in [0.4, 0.5) is 13.2 Å². The molecule has 1 amide bonds. The van der Waals surface area contributed by atoms with Crippen LogP contribution in [0.15, 0.2) is 24.3 Å². The largest absolute Gasteiger partial charge is 0.391 e. The number of halogens is 3. The van der Waals surface area contributed by atoms with Crippen LogP contribution in [0.2, 0.25) is 0 Å². The van der Waals surface area contributed by atoms with E-state index < -0.39 is 24.7 Å². The van der Waals surface area contributed by atoms with Crippen LogP contribution in [0.5, 0.6) is 0 Å². The maximum absolute atomic E-state index is 12.2. The molecule has 1 aliphatic rings. The van der Waals surface area contributed by atoms with Crippen LogP contribution in [0, 0.1) is 0 Å². The zero-order chi connectivity index (χ0) is 14.8. The lowest BCUT2D eigenvalue weighted by Crippen LogP contribution is -2.50. The number of benzene rings is 1. The Morgan fingerprint density at radius 3 is 2.70 bits per heavy atom. The molecule has 20 heavy (non-hydrogen) atoms. The Morgan fingerprint density at radius 2 is 2.05 bits per heavy atom. The first-order valence-electron chi connectivity index (χ1n) is 6.52. The van der Waals surface area contributed by atoms with E-state index in [1.54, 1.807) is 0 Å². The van der Waals surface area contributed by atoms with Gasteiger partial charge in [-0.15, -0.1) is 0 Å². The first kappa shape index (κ1) is 14.8. The summed E-state index contributed by atoms with van der Waals surface area (Å²) in [6.07, 6.45) is -4.78. The van der Waals surface area contributed by atoms with Crippen molar-refractivity contribution in [3.63, 3.8) is 0 Å². The van der Waals surface area contributed by atoms with E-state index in [1.165, 1.54) is 6.92 Å². The van der Waals surface area contributed by atoms with Gasteiger partial charge in [0.15, 0.2) is 0 Å². The van der Waals surface area contributed by atoms with Crippen LogP contribution in [0.3, 0.4) is 0 Å². The molecule has 3 nitrogen and oxygen atoms in total. The van der Waals surface area contributed by atoms with E-state index in [1.807, 2.05) is 24.3 Å². The number of amides is 1. The molecule has 0 bridgehead atoms. The first-order valence-corrected chi connectivity index (χ1v) is 6.52. The molecule has 0 radical (unpaired) electrons. The summed E-state index contributed by atoms with van der Waals surface area (Å²) in [5.41, 5.74) is 2.19. The molecule has 2 atom stereocenters. The fraction of sp³-hybridized carbons (Fsp3) is 0.500. The monoisotopic (exact) mass is 286 g/mol. The Kier molecular flexibility index (Phi) is 4.32. The van der Waals surface area contributed by atoms with Gasteiger partial charge < -0.3 is 10.6 Å². The minimum absolute atomic E-state index is 0.378. The SMILES string of the molecule is CC(CC(F)(F)F)NC(=O)[C@@H]1Cc2ccccc2CN1. The third-order valence-electron chi connectivity index (χ3n) is 3.32. The molecule has 1 heterocycles. The molecule has 6 heteroatoms. The summed E-state index contributed by atoms with van der Waals surface area (Å²) in [5.74, 6) is -0.378. The second kappa shape index (κ2) is 5.83. The lowest BCUT2D eigenvalue weighted by Gasteiger charge is -2.27. The highest BCUT2D eigenvalue weighted by molar-refractivity contribution is 5.82. The van der Waals surface area contributed by atoms with E-state index in [0.29, 0.717) is 13.0 Å². The molecule has 1 aromatic carbocycles. The number of carbonyl (C=O) groups excluding carboxylic acids is 1. The highest BCUT2D eigenvalue weighted by Crippen LogP contribution is 2.21. The number of hydrogen-bond donors (Lipinski definition) is 2. The topological polar surface area (TPSA) is 41.1 Å². The second-order valence-electron chi connectivity index (χ2n) is 5.14. The van der Waals surface area contributed by atoms with Crippen molar-refractivity contribution in [3.8, 4) is 0 Å². The van der Waals surface area contributed by atoms with Gasteiger partial charge in [-0.1, -0.05) is 24.3 Å². The number of carbonyl (C=O) groups is 1. The van der Waals surface area contributed by atoms with Crippen LogP contribution in [0.25, 0.3) is 0 Å². The summed E-state index contributed by atoms with van der Waals surface area (Å²) in [6, 6.07) is 6.35. The van der Waals surface area contributed by atoms with Gasteiger partial charge in [-0.05, 0) is 24.5 Å². The molecule has 1 aliphatic heterocycles. The van der Waals surface area contributed by atoms with Crippen LogP contribution >= 0.6 is 0 Å². The average Bonchev–Trinajstić information content (AvgIpc) is 2.35. The highest BCUT2D eigenvalue weighted by Gasteiger charge is 2.32. The lowest BCUT2D eigenvalue weighted by molar-refractivity contribution is -0.141. The zero-order valence-corrected chi connectivity index (χ0v) is 11.1. The summed E-state index contributed by atoms with van der Waals surface area (Å²) in [4.78, 5) is 12.0. The molecule has 2 N–H and O–H groups in total. The van der Waals surface area contributed by atoms with Gasteiger partial charge in [-0.3, -0.25) is 4.79 Å². The molecule has 0 aromatic heterocycles. The van der Waals surface area contributed by atoms with Gasteiger partial charge in [0, 0.05) is 12.6 Å². The molecule has 1 unspecified atom stereocenters. The van der Waals surface area contributed by atoms with E-state index in [4.69, 9.17) is 0 Å². The smallest absolute Gasteiger partial charge is 0.352 e. The fourth-order valence-corrected chi connectivity index (χ4v) is 2.38. The molecule has 2 rings (SSSR count). The van der Waals surface area contributed by atoms with E-state index in [9.17, 15) is 18.0 Å². The van der Waals surface area contributed by atoms with Crippen LogP contribution in [-0.4, -0.2) is 24.2 Å². The summed E-state index contributed by atoms with van der Waals surface area (Å²) < 4.78 is 36.7. The predicted molar refractivity (Wildman–Crippen MR) is 69.1 cm³/mol. The Morgan fingerprint density at radius 1 is 1.40 bits per heavy atom. The van der Waals surface area contributed by atoms with Crippen molar-refractivity contribution in [1.82, 2.24) is 10.6 Å². The van der Waals surface area contributed by atoms with E-state index in [-0.39, 0.29) is 5.91 Å². The van der Waals surface area contributed by atoms with Crippen molar-refractivity contribution >= 4 is 5.91 Å². The molecule has 0 saturated carbocycles. The van der Waals surface area contributed by atoms with Gasteiger partial charge in [0.1, 0.15) is 0 Å². The maximum Gasteiger partial charge on any atom is 0.391 e. The average molecular weight is 286 g/mol. The quantitative estimate of drug-likeness (QED) is 0.894. The van der Waals surface area contributed by atoms with E-state index in [0.717, 1.165) is 11.1 Å². The molecule has 0 aliphatic carbocycles. The highest BCUT2D eigenvalue weighted by atomic mass is 19.4. The van der Waals surface area contributed by atoms with Gasteiger partial charge >= 0.3 is 6.18 Å². The van der Waals surface area contributed by atoms with Crippen LogP contribution < -0.4 is 10.6 Å². The maximum atomic E-state index is 12.2. The number of rotatable bonds is 3. The minimum atomic E-state index is -4.26. The Hall–Kier alpha value is -1.56. The van der Waals surface area contributed by atoms with E-state index >= 15 is 0 Å². The molecular formula is C14H17F3N2O. The Labute approximate surface area is 115 Å². The Bertz CT molecular complexity index is 488. The van der Waals surface area contributed by atoms with Crippen molar-refractivity contribution in [2.45, 2.75) is 44.6 Å². The van der Waals surface area contributed by atoms with Gasteiger partial charge in [-0.2, -0.15) is 13.2 Å². The fourth-order valence-electron chi connectivity index (χ4n) is 2.38. The standard InChI is InChI=1S/C14H17F3N2O/c1-9(7-14(15,16)17)19-13(20)12-6-10-4-2-3-5-11(10)8-18-12/h2-5,9,12,18H,6-8H2,1H3,(H,19,20)/t9?,12-/m0/s1. The summed E-state index contributed by atoms with van der Waals surface area (Å²) in [5, 5.41) is 5.47. The zero-order valence-electron chi connectivity index (χ0n) is 11.1. The van der Waals surface area contributed by atoms with Crippen LogP contribution in [0.1, 0.15) is 24.5 Å². The second-order valence-corrected chi connectivity index (χ2v) is 5.14. The summed E-state index contributed by atoms with van der Waals surface area (Å²) >= 11 is 0. The molecule has 110 valence electrons. The minimum Gasteiger partial charge on any atom is -0.352 e.